The third-order valence-electron chi connectivity index (χ3n) is 3.78. The van der Waals surface area contributed by atoms with Crippen molar-refractivity contribution in [2.24, 2.45) is 11.7 Å². The molecule has 116 valence electrons. The molecule has 2 rings (SSSR count). The molecule has 0 saturated carbocycles. The number of amidine groups is 1. The molecule has 1 atom stereocenters. The lowest BCUT2D eigenvalue weighted by atomic mass is 9.96. The molecule has 1 aliphatic heterocycles. The zero-order chi connectivity index (χ0) is 15.8. The highest BCUT2D eigenvalue weighted by molar-refractivity contribution is 6.01. The second-order valence-electron chi connectivity index (χ2n) is 5.52. The largest absolute Gasteiger partial charge is 0.393 e. The number of nitrogens with two attached hydrogens (primary N) is 1. The average molecular weight is 300 g/mol. The van der Waals surface area contributed by atoms with Gasteiger partial charge in [-0.05, 0) is 38.3 Å². The fourth-order valence-electron chi connectivity index (χ4n) is 2.82. The fourth-order valence-corrected chi connectivity index (χ4v) is 2.82. The van der Waals surface area contributed by atoms with Crippen molar-refractivity contribution >= 4 is 11.7 Å². The van der Waals surface area contributed by atoms with Gasteiger partial charge in [-0.25, -0.2) is 4.98 Å². The maximum absolute atomic E-state index is 12.9. The number of aromatic nitrogens is 1. The summed E-state index contributed by atoms with van der Waals surface area (Å²) in [6, 6.07) is 1.78. The van der Waals surface area contributed by atoms with Crippen LogP contribution in [0.15, 0.2) is 6.07 Å². The second-order valence-corrected chi connectivity index (χ2v) is 5.52. The van der Waals surface area contributed by atoms with E-state index < -0.39 is 12.1 Å². The van der Waals surface area contributed by atoms with Gasteiger partial charge in [-0.3, -0.25) is 5.41 Å². The van der Waals surface area contributed by atoms with Gasteiger partial charge in [0.25, 0.3) is 0 Å². The summed E-state index contributed by atoms with van der Waals surface area (Å²) in [7, 11) is 0. The number of aryl methyl sites for hydroxylation is 2. The van der Waals surface area contributed by atoms with Gasteiger partial charge in [0.15, 0.2) is 0 Å². The highest BCUT2D eigenvalue weighted by Crippen LogP contribution is 2.35. The number of halogens is 3. The van der Waals surface area contributed by atoms with E-state index in [4.69, 9.17) is 11.1 Å². The van der Waals surface area contributed by atoms with Crippen molar-refractivity contribution in [3.05, 3.63) is 22.9 Å². The number of alkyl halides is 3. The number of pyridine rings is 1. The third kappa shape index (κ3) is 3.28. The predicted molar refractivity (Wildman–Crippen MR) is 75.7 cm³/mol. The molecule has 0 aliphatic carbocycles. The molecule has 0 radical (unpaired) electrons. The van der Waals surface area contributed by atoms with Gasteiger partial charge in [-0.2, -0.15) is 13.2 Å². The van der Waals surface area contributed by atoms with Crippen LogP contribution in [0.5, 0.6) is 0 Å². The molecule has 1 aromatic heterocycles. The molecule has 3 N–H and O–H groups in total. The van der Waals surface area contributed by atoms with E-state index in [2.05, 4.69) is 4.98 Å². The van der Waals surface area contributed by atoms with Crippen LogP contribution < -0.4 is 10.6 Å². The van der Waals surface area contributed by atoms with E-state index in [-0.39, 0.29) is 18.8 Å². The van der Waals surface area contributed by atoms with Gasteiger partial charge < -0.3 is 10.6 Å². The number of piperidine rings is 1. The summed E-state index contributed by atoms with van der Waals surface area (Å²) >= 11 is 0. The van der Waals surface area contributed by atoms with Gasteiger partial charge in [0, 0.05) is 18.8 Å². The van der Waals surface area contributed by atoms with Crippen molar-refractivity contribution in [1.29, 1.82) is 5.41 Å². The summed E-state index contributed by atoms with van der Waals surface area (Å²) in [4.78, 5) is 5.94. The quantitative estimate of drug-likeness (QED) is 0.652. The lowest BCUT2D eigenvalue weighted by Crippen LogP contribution is -2.43. The Morgan fingerprint density at radius 2 is 2.10 bits per heavy atom. The molecular formula is C14H19F3N4. The van der Waals surface area contributed by atoms with Crippen LogP contribution in [-0.4, -0.2) is 30.1 Å². The minimum absolute atomic E-state index is 0.125. The van der Waals surface area contributed by atoms with E-state index >= 15 is 0 Å². The molecule has 1 unspecified atom stereocenters. The number of nitrogens with zero attached hydrogens (tertiary/aromatic N) is 2. The Morgan fingerprint density at radius 1 is 1.43 bits per heavy atom. The van der Waals surface area contributed by atoms with Crippen LogP contribution in [0.2, 0.25) is 0 Å². The van der Waals surface area contributed by atoms with E-state index in [0.29, 0.717) is 30.0 Å². The molecule has 2 heterocycles. The van der Waals surface area contributed by atoms with Gasteiger partial charge in [-0.1, -0.05) is 0 Å². The first kappa shape index (κ1) is 15.6. The predicted octanol–water partition coefficient (Wildman–Crippen LogP) is 2.76. The van der Waals surface area contributed by atoms with Crippen LogP contribution in [0.25, 0.3) is 0 Å². The number of nitrogen functional groups attached to an aromatic ring is 1. The van der Waals surface area contributed by atoms with Crippen molar-refractivity contribution in [1.82, 2.24) is 4.98 Å². The number of nitrogens with one attached hydrogen (secondary N) is 1. The Labute approximate surface area is 121 Å². The topological polar surface area (TPSA) is 66.0 Å². The molecule has 1 aliphatic rings. The average Bonchev–Trinajstić information content (AvgIpc) is 2.36. The lowest BCUT2D eigenvalue weighted by molar-refractivity contribution is -0.176. The molecule has 21 heavy (non-hydrogen) atoms. The van der Waals surface area contributed by atoms with Gasteiger partial charge in [0.05, 0.1) is 11.5 Å². The number of anilines is 1. The molecule has 1 saturated heterocycles. The van der Waals surface area contributed by atoms with E-state index in [9.17, 15) is 13.2 Å². The zero-order valence-corrected chi connectivity index (χ0v) is 12.1. The van der Waals surface area contributed by atoms with E-state index in [1.165, 1.54) is 0 Å². The summed E-state index contributed by atoms with van der Waals surface area (Å²) in [5.74, 6) is -1.12. The fraction of sp³-hybridized carbons (Fsp3) is 0.571. The molecule has 1 aromatic rings. The van der Waals surface area contributed by atoms with Crippen LogP contribution in [0.3, 0.4) is 0 Å². The molecule has 0 spiro atoms. The van der Waals surface area contributed by atoms with Gasteiger partial charge in [0.2, 0.25) is 0 Å². The van der Waals surface area contributed by atoms with E-state index in [1.54, 1.807) is 24.8 Å². The highest BCUT2D eigenvalue weighted by Gasteiger charge is 2.42. The normalized spacial score (nSPS) is 19.7. The Morgan fingerprint density at radius 3 is 2.67 bits per heavy atom. The zero-order valence-electron chi connectivity index (χ0n) is 12.1. The maximum Gasteiger partial charge on any atom is 0.393 e. The summed E-state index contributed by atoms with van der Waals surface area (Å²) in [5, 5.41) is 7.67. The lowest BCUT2D eigenvalue weighted by Gasteiger charge is -2.35. The van der Waals surface area contributed by atoms with Gasteiger partial charge >= 0.3 is 6.18 Å². The summed E-state index contributed by atoms with van der Waals surface area (Å²) < 4.78 is 38.8. The number of hydrogen-bond donors (Lipinski definition) is 2. The van der Waals surface area contributed by atoms with Crippen molar-refractivity contribution in [2.45, 2.75) is 32.9 Å². The Bertz CT molecular complexity index is 554. The van der Waals surface area contributed by atoms with Crippen molar-refractivity contribution in [2.75, 3.05) is 18.0 Å². The smallest absolute Gasteiger partial charge is 0.384 e. The van der Waals surface area contributed by atoms with E-state index in [0.717, 1.165) is 5.56 Å². The molecular weight excluding hydrogens is 281 g/mol. The Hall–Kier alpha value is -1.79. The maximum atomic E-state index is 12.9. The number of hydrogen-bond acceptors (Lipinski definition) is 3. The molecule has 7 heteroatoms. The van der Waals surface area contributed by atoms with Crippen LogP contribution in [0.4, 0.5) is 19.0 Å². The Balaban J connectivity index is 2.39. The molecule has 0 amide bonds. The summed E-state index contributed by atoms with van der Waals surface area (Å²) in [6.45, 7) is 3.95. The third-order valence-corrected chi connectivity index (χ3v) is 3.78. The SMILES string of the molecule is Cc1cc(C)c(C(=N)N)c(N2CCCC(C(F)(F)F)C2)n1. The minimum atomic E-state index is -4.20. The minimum Gasteiger partial charge on any atom is -0.384 e. The van der Waals surface area contributed by atoms with Crippen LogP contribution in [-0.2, 0) is 0 Å². The monoisotopic (exact) mass is 300 g/mol. The number of rotatable bonds is 2. The summed E-state index contributed by atoms with van der Waals surface area (Å²) in [5.41, 5.74) is 7.49. The van der Waals surface area contributed by atoms with Crippen LogP contribution in [0.1, 0.15) is 29.7 Å². The van der Waals surface area contributed by atoms with E-state index in [1.807, 2.05) is 0 Å². The standard InChI is InChI=1S/C14H19F3N4/c1-8-6-9(2)20-13(11(8)12(18)19)21-5-3-4-10(7-21)14(15,16)17/h6,10H,3-5,7H2,1-2H3,(H3,18,19). The molecule has 0 aromatic carbocycles. The molecule has 0 bridgehead atoms. The van der Waals surface area contributed by atoms with Crippen molar-refractivity contribution in [3.8, 4) is 0 Å². The van der Waals surface area contributed by atoms with Crippen molar-refractivity contribution in [3.63, 3.8) is 0 Å². The first-order chi connectivity index (χ1) is 9.70. The molecule has 1 fully saturated rings. The first-order valence-corrected chi connectivity index (χ1v) is 6.84. The van der Waals surface area contributed by atoms with Gasteiger partial charge in [-0.15, -0.1) is 0 Å². The van der Waals surface area contributed by atoms with Crippen LogP contribution in [0, 0.1) is 25.2 Å². The summed E-state index contributed by atoms with van der Waals surface area (Å²) in [6.07, 6.45) is -3.61. The second kappa shape index (κ2) is 5.54. The highest BCUT2D eigenvalue weighted by atomic mass is 19.4. The van der Waals surface area contributed by atoms with Crippen LogP contribution >= 0.6 is 0 Å². The van der Waals surface area contributed by atoms with Crippen molar-refractivity contribution < 1.29 is 13.2 Å². The molecule has 4 nitrogen and oxygen atoms in total. The Kier molecular flexibility index (Phi) is 4.11. The first-order valence-electron chi connectivity index (χ1n) is 6.84. The van der Waals surface area contributed by atoms with Gasteiger partial charge in [0.1, 0.15) is 11.7 Å².